The minimum absolute atomic E-state index is 0.0950. The zero-order valence-electron chi connectivity index (χ0n) is 18.3. The van der Waals surface area contributed by atoms with Crippen LogP contribution in [0.2, 0.25) is 0 Å². The Kier molecular flexibility index (Phi) is 8.43. The van der Waals surface area contributed by atoms with Gasteiger partial charge >= 0.3 is 13.5 Å². The molecule has 1 aliphatic carbocycles. The number of hydrogen-bond acceptors (Lipinski definition) is 7. The van der Waals surface area contributed by atoms with E-state index in [1.807, 2.05) is 12.1 Å². The number of esters is 1. The topological polar surface area (TPSA) is 107 Å². The van der Waals surface area contributed by atoms with Crippen LogP contribution in [-0.2, 0) is 25.4 Å². The second kappa shape index (κ2) is 11.5. The fourth-order valence-corrected chi connectivity index (χ4v) is 3.83. The molecule has 1 heterocycles. The molecule has 2 unspecified atom stereocenters. The van der Waals surface area contributed by atoms with E-state index in [0.717, 1.165) is 31.2 Å². The van der Waals surface area contributed by atoms with Gasteiger partial charge in [0.1, 0.15) is 17.4 Å². The van der Waals surface area contributed by atoms with Crippen LogP contribution in [0.1, 0.15) is 67.8 Å². The number of hydrogen-bond donors (Lipinski definition) is 1. The van der Waals surface area contributed by atoms with Gasteiger partial charge in [0.2, 0.25) is 12.2 Å². The summed E-state index contributed by atoms with van der Waals surface area (Å²) in [5, 5.41) is 11.4. The summed E-state index contributed by atoms with van der Waals surface area (Å²) in [6.07, 6.45) is 5.39. The van der Waals surface area contributed by atoms with E-state index in [1.165, 1.54) is 13.9 Å². The van der Waals surface area contributed by atoms with E-state index in [4.69, 9.17) is 24.1 Å². The Bertz CT molecular complexity index is 878. The quantitative estimate of drug-likeness (QED) is 0.272. The molecule has 0 saturated heterocycles. The van der Waals surface area contributed by atoms with Crippen LogP contribution in [0.25, 0.3) is 0 Å². The van der Waals surface area contributed by atoms with Crippen molar-refractivity contribution in [3.05, 3.63) is 41.9 Å². The molecule has 2 atom stereocenters. The third kappa shape index (κ3) is 6.68. The smallest absolute Gasteiger partial charge is 0.394 e. The Morgan fingerprint density at radius 1 is 1.31 bits per heavy atom. The molecule has 1 fully saturated rings. The van der Waals surface area contributed by atoms with Crippen molar-refractivity contribution in [1.82, 2.24) is 5.32 Å². The normalized spacial score (nSPS) is 18.6. The Hall–Kier alpha value is -3.15. The largest absolute Gasteiger partial charge is 0.560 e. The number of rotatable bonds is 9. The van der Waals surface area contributed by atoms with E-state index in [2.05, 4.69) is 11.9 Å². The number of ether oxygens (including phenoxy) is 3. The lowest BCUT2D eigenvalue weighted by Gasteiger charge is -2.27. The zero-order chi connectivity index (χ0) is 22.9. The van der Waals surface area contributed by atoms with E-state index in [9.17, 15) is 9.59 Å². The SMILES string of the molecule is C=C(OC1CCCCC1)OC(C)OC(=O)c1cccc2c1O[B]C(NC(=O)CCC#N)C2. The van der Waals surface area contributed by atoms with E-state index in [0.29, 0.717) is 12.2 Å². The Labute approximate surface area is 189 Å². The first-order valence-corrected chi connectivity index (χ1v) is 11.0. The highest BCUT2D eigenvalue weighted by Crippen LogP contribution is 2.29. The fourth-order valence-electron chi connectivity index (χ4n) is 3.83. The van der Waals surface area contributed by atoms with Crippen molar-refractivity contribution in [2.24, 2.45) is 0 Å². The number of amides is 1. The summed E-state index contributed by atoms with van der Waals surface area (Å²) in [5.41, 5.74) is 1.04. The summed E-state index contributed by atoms with van der Waals surface area (Å²) in [4.78, 5) is 24.6. The van der Waals surface area contributed by atoms with E-state index in [1.54, 1.807) is 19.1 Å². The Morgan fingerprint density at radius 2 is 2.09 bits per heavy atom. The lowest BCUT2D eigenvalue weighted by Crippen LogP contribution is -2.45. The summed E-state index contributed by atoms with van der Waals surface area (Å²) in [7, 11) is 1.48. The molecular formula is C23H28BN2O6. The van der Waals surface area contributed by atoms with Crippen LogP contribution in [0.3, 0.4) is 0 Å². The van der Waals surface area contributed by atoms with Gasteiger partial charge in [0.05, 0.1) is 6.07 Å². The Balaban J connectivity index is 1.53. The second-order valence-corrected chi connectivity index (χ2v) is 7.92. The molecule has 1 N–H and O–H groups in total. The van der Waals surface area contributed by atoms with E-state index < -0.39 is 12.3 Å². The molecule has 1 radical (unpaired) electrons. The highest BCUT2D eigenvalue weighted by Gasteiger charge is 2.28. The number of benzene rings is 1. The molecule has 0 aromatic heterocycles. The highest BCUT2D eigenvalue weighted by atomic mass is 16.8. The van der Waals surface area contributed by atoms with Crippen molar-refractivity contribution in [1.29, 1.82) is 5.26 Å². The van der Waals surface area contributed by atoms with Crippen molar-refractivity contribution in [3.63, 3.8) is 0 Å². The molecule has 9 heteroatoms. The predicted octanol–water partition coefficient (Wildman–Crippen LogP) is 3.33. The molecule has 32 heavy (non-hydrogen) atoms. The van der Waals surface area contributed by atoms with Crippen LogP contribution >= 0.6 is 0 Å². The molecule has 169 valence electrons. The van der Waals surface area contributed by atoms with Crippen molar-refractivity contribution >= 4 is 19.4 Å². The van der Waals surface area contributed by atoms with Gasteiger partial charge in [-0.2, -0.15) is 5.26 Å². The first-order chi connectivity index (χ1) is 15.5. The van der Waals surface area contributed by atoms with E-state index in [-0.39, 0.29) is 42.3 Å². The first kappa shape index (κ1) is 23.5. The minimum atomic E-state index is -0.880. The molecule has 1 aromatic carbocycles. The number of fused-ring (bicyclic) bond motifs is 1. The molecule has 1 aromatic rings. The third-order valence-electron chi connectivity index (χ3n) is 5.34. The lowest BCUT2D eigenvalue weighted by molar-refractivity contribution is -0.125. The van der Waals surface area contributed by atoms with Crippen LogP contribution < -0.4 is 9.97 Å². The van der Waals surface area contributed by atoms with Crippen LogP contribution in [0.15, 0.2) is 30.7 Å². The maximum absolute atomic E-state index is 12.7. The summed E-state index contributed by atoms with van der Waals surface area (Å²) in [5.74, 6) is -0.624. The maximum Gasteiger partial charge on any atom is 0.394 e. The Morgan fingerprint density at radius 3 is 2.84 bits per heavy atom. The summed E-state index contributed by atoms with van der Waals surface area (Å²) in [6, 6.07) is 7.11. The average molecular weight is 439 g/mol. The van der Waals surface area contributed by atoms with Crippen LogP contribution in [-0.4, -0.2) is 37.7 Å². The van der Waals surface area contributed by atoms with Crippen LogP contribution in [0.4, 0.5) is 0 Å². The van der Waals surface area contributed by atoms with E-state index >= 15 is 0 Å². The summed E-state index contributed by atoms with van der Waals surface area (Å²) >= 11 is 0. The number of para-hydroxylation sites is 1. The fraction of sp³-hybridized carbons (Fsp3) is 0.522. The van der Waals surface area contributed by atoms with Gasteiger partial charge < -0.3 is 24.2 Å². The first-order valence-electron chi connectivity index (χ1n) is 11.0. The number of nitrogens with zero attached hydrogens (tertiary/aromatic N) is 1. The molecule has 1 amide bonds. The molecule has 2 aliphatic rings. The number of carbonyl (C=O) groups is 2. The molecule has 8 nitrogen and oxygen atoms in total. The zero-order valence-corrected chi connectivity index (χ0v) is 18.3. The number of nitriles is 1. The highest BCUT2D eigenvalue weighted by molar-refractivity contribution is 6.32. The van der Waals surface area contributed by atoms with Gasteiger partial charge in [-0.3, -0.25) is 4.79 Å². The molecule has 1 aliphatic heterocycles. The predicted molar refractivity (Wildman–Crippen MR) is 116 cm³/mol. The van der Waals surface area contributed by atoms with Crippen molar-refractivity contribution < 1.29 is 28.5 Å². The van der Waals surface area contributed by atoms with Gasteiger partial charge in [-0.15, -0.1) is 0 Å². The molecular weight excluding hydrogens is 411 g/mol. The number of nitrogens with one attached hydrogen (secondary N) is 1. The lowest BCUT2D eigenvalue weighted by atomic mass is 9.79. The number of carbonyl (C=O) groups excluding carboxylic acids is 2. The standard InChI is InChI=1S/C23H28BN2O6/c1-15(30-18-9-4-3-5-10-18)29-16(2)31-23(28)19-11-6-8-17-14-20(24-32-22(17)19)26-21(27)12-7-13-25/h6,8,11,16,18,20H,1,3-5,7,9-10,12,14H2,2H3,(H,26,27). The van der Waals surface area contributed by atoms with Gasteiger partial charge in [0.15, 0.2) is 0 Å². The monoisotopic (exact) mass is 439 g/mol. The van der Waals surface area contributed by atoms with Gasteiger partial charge in [-0.1, -0.05) is 18.6 Å². The van der Waals surface area contributed by atoms with Crippen LogP contribution in [0, 0.1) is 11.3 Å². The molecule has 1 saturated carbocycles. The molecule has 3 rings (SSSR count). The second-order valence-electron chi connectivity index (χ2n) is 7.92. The van der Waals surface area contributed by atoms with Crippen LogP contribution in [0.5, 0.6) is 5.75 Å². The van der Waals surface area contributed by atoms with Gasteiger partial charge in [0, 0.05) is 25.7 Å². The van der Waals surface area contributed by atoms with Crippen molar-refractivity contribution in [3.8, 4) is 11.8 Å². The van der Waals surface area contributed by atoms with Gasteiger partial charge in [-0.25, -0.2) is 4.79 Å². The minimum Gasteiger partial charge on any atom is -0.560 e. The van der Waals surface area contributed by atoms with Gasteiger partial charge in [-0.05, 0) is 50.3 Å². The third-order valence-corrected chi connectivity index (χ3v) is 5.34. The summed E-state index contributed by atoms with van der Waals surface area (Å²) in [6.45, 7) is 5.37. The molecule has 0 spiro atoms. The summed E-state index contributed by atoms with van der Waals surface area (Å²) < 4.78 is 22.3. The van der Waals surface area contributed by atoms with Crippen molar-refractivity contribution in [2.75, 3.05) is 0 Å². The van der Waals surface area contributed by atoms with Crippen molar-refractivity contribution in [2.45, 2.75) is 76.6 Å². The molecule has 0 bridgehead atoms. The maximum atomic E-state index is 12.7. The average Bonchev–Trinajstić information content (AvgIpc) is 2.77. The van der Waals surface area contributed by atoms with Gasteiger partial charge in [0.25, 0.3) is 5.95 Å².